The molecule has 3 nitrogen and oxygen atoms in total. The summed E-state index contributed by atoms with van der Waals surface area (Å²) in [6, 6.07) is 5.95. The molecule has 0 N–H and O–H groups in total. The van der Waals surface area contributed by atoms with Crippen molar-refractivity contribution in [1.82, 2.24) is 14.7 Å². The van der Waals surface area contributed by atoms with Crippen LogP contribution in [0, 0.1) is 5.92 Å². The molecule has 136 valence electrons. The van der Waals surface area contributed by atoms with E-state index in [1.165, 1.54) is 17.7 Å². The number of halogens is 3. The fourth-order valence-corrected chi connectivity index (χ4v) is 3.72. The molecule has 1 aliphatic rings. The van der Waals surface area contributed by atoms with Gasteiger partial charge in [-0.05, 0) is 49.8 Å². The van der Waals surface area contributed by atoms with Crippen LogP contribution in [0.1, 0.15) is 36.0 Å². The van der Waals surface area contributed by atoms with Gasteiger partial charge < -0.3 is 0 Å². The molecule has 1 saturated heterocycles. The van der Waals surface area contributed by atoms with Gasteiger partial charge in [0, 0.05) is 31.9 Å². The van der Waals surface area contributed by atoms with Crippen LogP contribution in [0.2, 0.25) is 0 Å². The highest BCUT2D eigenvalue weighted by Gasteiger charge is 2.33. The number of piperidine rings is 1. The number of nitrogens with zero attached hydrogens (tertiary/aromatic N) is 3. The third kappa shape index (κ3) is 4.84. The van der Waals surface area contributed by atoms with Gasteiger partial charge in [-0.1, -0.05) is 18.2 Å². The molecule has 25 heavy (non-hydrogen) atoms. The van der Waals surface area contributed by atoms with Crippen LogP contribution in [0.25, 0.3) is 0 Å². The molecular formula is C19H24F3N3. The third-order valence-corrected chi connectivity index (χ3v) is 4.91. The van der Waals surface area contributed by atoms with E-state index in [1.54, 1.807) is 16.8 Å². The summed E-state index contributed by atoms with van der Waals surface area (Å²) in [5.74, 6) is 0.451. The lowest BCUT2D eigenvalue weighted by Crippen LogP contribution is -2.35. The van der Waals surface area contributed by atoms with Crippen molar-refractivity contribution in [3.63, 3.8) is 0 Å². The first kappa shape index (κ1) is 18.0. The Hall–Kier alpha value is -1.82. The second kappa shape index (κ2) is 7.60. The fourth-order valence-electron chi connectivity index (χ4n) is 3.72. The lowest BCUT2D eigenvalue weighted by Gasteiger charge is -2.32. The number of benzene rings is 1. The number of likely N-dealkylation sites (tertiary alicyclic amines) is 1. The second-order valence-corrected chi connectivity index (χ2v) is 6.96. The molecule has 0 amide bonds. The van der Waals surface area contributed by atoms with E-state index >= 15 is 0 Å². The normalized spacial score (nSPS) is 19.3. The molecule has 2 heterocycles. The van der Waals surface area contributed by atoms with Gasteiger partial charge in [0.1, 0.15) is 0 Å². The van der Waals surface area contributed by atoms with E-state index in [2.05, 4.69) is 10.00 Å². The molecule has 3 rings (SSSR count). The molecule has 0 saturated carbocycles. The first-order valence-electron chi connectivity index (χ1n) is 8.77. The molecule has 1 fully saturated rings. The summed E-state index contributed by atoms with van der Waals surface area (Å²) < 4.78 is 41.1. The van der Waals surface area contributed by atoms with Gasteiger partial charge in [-0.2, -0.15) is 18.3 Å². The van der Waals surface area contributed by atoms with Gasteiger partial charge >= 0.3 is 6.18 Å². The number of hydrogen-bond donors (Lipinski definition) is 0. The minimum Gasteiger partial charge on any atom is -0.299 e. The van der Waals surface area contributed by atoms with Gasteiger partial charge in [0.2, 0.25) is 0 Å². The highest BCUT2D eigenvalue weighted by molar-refractivity contribution is 5.29. The predicted octanol–water partition coefficient (Wildman–Crippen LogP) is 4.28. The molecule has 0 unspecified atom stereocenters. The lowest BCUT2D eigenvalue weighted by atomic mass is 9.90. The molecule has 6 heteroatoms. The monoisotopic (exact) mass is 351 g/mol. The number of aromatic nitrogens is 2. The van der Waals surface area contributed by atoms with Crippen molar-refractivity contribution in [3.05, 3.63) is 53.3 Å². The van der Waals surface area contributed by atoms with Gasteiger partial charge in [-0.3, -0.25) is 9.58 Å². The minimum absolute atomic E-state index is 0.416. The molecule has 2 aromatic rings. The summed E-state index contributed by atoms with van der Waals surface area (Å²) in [5.41, 5.74) is 1.11. The molecular weight excluding hydrogens is 327 g/mol. The molecule has 0 spiro atoms. The van der Waals surface area contributed by atoms with Crippen LogP contribution in [0.4, 0.5) is 13.2 Å². The van der Waals surface area contributed by atoms with Crippen LogP contribution in [0.5, 0.6) is 0 Å². The maximum atomic E-state index is 13.1. The average Bonchev–Trinajstić information content (AvgIpc) is 2.98. The molecule has 0 radical (unpaired) electrons. The summed E-state index contributed by atoms with van der Waals surface area (Å²) in [6.07, 6.45) is 3.11. The smallest absolute Gasteiger partial charge is 0.299 e. The van der Waals surface area contributed by atoms with Gasteiger partial charge in [0.25, 0.3) is 0 Å². The quantitative estimate of drug-likeness (QED) is 0.801. The van der Waals surface area contributed by atoms with Crippen molar-refractivity contribution >= 4 is 0 Å². The maximum Gasteiger partial charge on any atom is 0.416 e. The Morgan fingerprint density at radius 3 is 2.76 bits per heavy atom. The summed E-state index contributed by atoms with van der Waals surface area (Å²) in [5, 5.41) is 4.19. The van der Waals surface area contributed by atoms with E-state index in [-0.39, 0.29) is 0 Å². The van der Waals surface area contributed by atoms with Crippen LogP contribution in [-0.4, -0.2) is 27.8 Å². The van der Waals surface area contributed by atoms with Gasteiger partial charge in [0.05, 0.1) is 11.8 Å². The van der Waals surface area contributed by atoms with Crippen LogP contribution in [0.15, 0.2) is 36.7 Å². The Balaban J connectivity index is 1.57. The number of hydrogen-bond acceptors (Lipinski definition) is 2. The molecule has 1 atom stereocenters. The van der Waals surface area contributed by atoms with E-state index in [9.17, 15) is 13.2 Å². The van der Waals surface area contributed by atoms with Gasteiger partial charge in [-0.15, -0.1) is 0 Å². The Kier molecular flexibility index (Phi) is 5.47. The summed E-state index contributed by atoms with van der Waals surface area (Å²) in [6.45, 7) is 2.86. The van der Waals surface area contributed by atoms with Crippen molar-refractivity contribution in [1.29, 1.82) is 0 Å². The first-order chi connectivity index (χ1) is 11.9. The molecule has 1 aromatic heterocycles. The van der Waals surface area contributed by atoms with E-state index in [0.717, 1.165) is 38.9 Å². The second-order valence-electron chi connectivity index (χ2n) is 6.96. The molecule has 0 bridgehead atoms. The number of rotatable bonds is 5. The molecule has 0 aliphatic carbocycles. The van der Waals surface area contributed by atoms with Crippen LogP contribution in [0.3, 0.4) is 0 Å². The highest BCUT2D eigenvalue weighted by Crippen LogP contribution is 2.33. The summed E-state index contributed by atoms with van der Waals surface area (Å²) >= 11 is 0. The number of alkyl halides is 3. The zero-order chi connectivity index (χ0) is 17.9. The van der Waals surface area contributed by atoms with Crippen molar-refractivity contribution < 1.29 is 13.2 Å². The Morgan fingerprint density at radius 1 is 1.24 bits per heavy atom. The van der Waals surface area contributed by atoms with E-state index in [4.69, 9.17) is 0 Å². The molecule has 1 aliphatic heterocycles. The summed E-state index contributed by atoms with van der Waals surface area (Å²) in [7, 11) is 1.90. The fraction of sp³-hybridized carbons (Fsp3) is 0.526. The van der Waals surface area contributed by atoms with Gasteiger partial charge in [-0.25, -0.2) is 0 Å². The minimum atomic E-state index is -4.27. The van der Waals surface area contributed by atoms with Crippen molar-refractivity contribution in [2.45, 2.75) is 38.4 Å². The Bertz CT molecular complexity index is 693. The van der Waals surface area contributed by atoms with Crippen LogP contribution in [-0.2, 0) is 26.2 Å². The standard InChI is InChI=1S/C19H24F3N3/c1-24-12-16(11-23-24)14-25-10-4-5-15(13-25)8-9-17-6-2-3-7-18(17)19(20,21)22/h2-3,6-7,11-12,15H,4-5,8-10,13-14H2,1H3/t15-/m1/s1. The van der Waals surface area contributed by atoms with Gasteiger partial charge in [0.15, 0.2) is 0 Å². The maximum absolute atomic E-state index is 13.1. The topological polar surface area (TPSA) is 21.1 Å². The zero-order valence-corrected chi connectivity index (χ0v) is 14.5. The summed E-state index contributed by atoms with van der Waals surface area (Å²) in [4.78, 5) is 2.39. The average molecular weight is 351 g/mol. The van der Waals surface area contributed by atoms with Crippen LogP contribution < -0.4 is 0 Å². The molecule has 1 aromatic carbocycles. The third-order valence-electron chi connectivity index (χ3n) is 4.91. The lowest BCUT2D eigenvalue weighted by molar-refractivity contribution is -0.138. The van der Waals surface area contributed by atoms with Crippen molar-refractivity contribution in [3.8, 4) is 0 Å². The highest BCUT2D eigenvalue weighted by atomic mass is 19.4. The Labute approximate surface area is 146 Å². The Morgan fingerprint density at radius 2 is 2.04 bits per heavy atom. The van der Waals surface area contributed by atoms with Crippen LogP contribution >= 0.6 is 0 Å². The van der Waals surface area contributed by atoms with Crippen molar-refractivity contribution in [2.75, 3.05) is 13.1 Å². The van der Waals surface area contributed by atoms with Crippen molar-refractivity contribution in [2.24, 2.45) is 13.0 Å². The van der Waals surface area contributed by atoms with E-state index in [0.29, 0.717) is 17.9 Å². The predicted molar refractivity (Wildman–Crippen MR) is 91.0 cm³/mol. The number of aryl methyl sites for hydroxylation is 2. The zero-order valence-electron chi connectivity index (χ0n) is 14.5. The van der Waals surface area contributed by atoms with E-state index < -0.39 is 11.7 Å². The SMILES string of the molecule is Cn1cc(CN2CCC[C@H](CCc3ccccc3C(F)(F)F)C2)cn1. The van der Waals surface area contributed by atoms with E-state index in [1.807, 2.05) is 19.4 Å². The first-order valence-corrected chi connectivity index (χ1v) is 8.77. The largest absolute Gasteiger partial charge is 0.416 e.